The van der Waals surface area contributed by atoms with Crippen LogP contribution in [0.3, 0.4) is 0 Å². The van der Waals surface area contributed by atoms with E-state index in [2.05, 4.69) is 9.82 Å². The van der Waals surface area contributed by atoms with E-state index < -0.39 is 11.9 Å². The highest BCUT2D eigenvalue weighted by Crippen LogP contribution is 2.02. The minimum absolute atomic E-state index is 0.378. The van der Waals surface area contributed by atoms with Gasteiger partial charge in [-0.3, -0.25) is 9.59 Å². The normalized spacial score (nSPS) is 9.57. The maximum atomic E-state index is 11.3. The van der Waals surface area contributed by atoms with E-state index in [1.54, 1.807) is 6.07 Å². The highest BCUT2D eigenvalue weighted by Gasteiger charge is 2.08. The van der Waals surface area contributed by atoms with E-state index in [0.717, 1.165) is 12.1 Å². The van der Waals surface area contributed by atoms with Gasteiger partial charge in [-0.2, -0.15) is 5.48 Å². The van der Waals surface area contributed by atoms with Crippen LogP contribution in [0, 0.1) is 0 Å². The van der Waals surface area contributed by atoms with Gasteiger partial charge in [0, 0.05) is 12.6 Å². The zero-order valence-corrected chi connectivity index (χ0v) is 8.09. The summed E-state index contributed by atoms with van der Waals surface area (Å²) < 4.78 is 0. The number of carbonyl (C=O) groups excluding carboxylic acids is 2. The van der Waals surface area contributed by atoms with Gasteiger partial charge in [0.2, 0.25) is 0 Å². The summed E-state index contributed by atoms with van der Waals surface area (Å²) in [6, 6.07) is 3.44. The van der Waals surface area contributed by atoms with Gasteiger partial charge in [-0.25, -0.2) is 0 Å². The van der Waals surface area contributed by atoms with E-state index in [-0.39, 0.29) is 0 Å². The molecule has 76 valence electrons. The largest absolute Gasteiger partial charge is 0.354 e. The van der Waals surface area contributed by atoms with Crippen molar-refractivity contribution < 1.29 is 14.4 Å². The molecule has 2 N–H and O–H groups in total. The Morgan fingerprint density at radius 3 is 2.71 bits per heavy atom. The first-order valence-electron chi connectivity index (χ1n) is 4.29. The molecule has 0 bridgehead atoms. The van der Waals surface area contributed by atoms with Crippen LogP contribution in [0.5, 0.6) is 0 Å². The van der Waals surface area contributed by atoms with Gasteiger partial charge < -0.3 is 9.82 Å². The number of rotatable bonds is 2. The molecule has 0 saturated heterocycles. The lowest BCUT2D eigenvalue weighted by atomic mass is 10.3. The molecule has 1 aromatic heterocycles. The van der Waals surface area contributed by atoms with Gasteiger partial charge in [-0.05, 0) is 18.6 Å². The predicted molar refractivity (Wildman–Crippen MR) is 49.4 cm³/mol. The van der Waals surface area contributed by atoms with Crippen molar-refractivity contribution in [3.63, 3.8) is 0 Å². The average Bonchev–Trinajstić information content (AvgIpc) is 2.62. The topological polar surface area (TPSA) is 71.2 Å². The Morgan fingerprint density at radius 2 is 2.21 bits per heavy atom. The Morgan fingerprint density at radius 1 is 1.50 bits per heavy atom. The second-order valence-electron chi connectivity index (χ2n) is 2.78. The van der Waals surface area contributed by atoms with Crippen LogP contribution < -0.4 is 5.48 Å². The Hall–Kier alpha value is -1.78. The molecule has 1 amide bonds. The number of hydrogen-bond donors (Lipinski definition) is 2. The number of nitrogens with one attached hydrogen (secondary N) is 2. The molecular weight excluding hydrogens is 184 g/mol. The standard InChI is InChI=1S/C9H12N2O3/c1-3-7-4-5-8(10-7)9(13)11-14-6(2)12/h4-5,10H,3H2,1-2H3,(H,11,13). The van der Waals surface area contributed by atoms with Crippen molar-refractivity contribution >= 4 is 11.9 Å². The molecule has 0 saturated carbocycles. The summed E-state index contributed by atoms with van der Waals surface area (Å²) in [6.07, 6.45) is 0.820. The van der Waals surface area contributed by atoms with Crippen LogP contribution in [0.2, 0.25) is 0 Å². The number of H-pyrrole nitrogens is 1. The van der Waals surface area contributed by atoms with Crippen molar-refractivity contribution in [2.75, 3.05) is 0 Å². The molecule has 0 aliphatic carbocycles. The van der Waals surface area contributed by atoms with Crippen LogP contribution >= 0.6 is 0 Å². The van der Waals surface area contributed by atoms with E-state index in [1.165, 1.54) is 6.92 Å². The van der Waals surface area contributed by atoms with Crippen LogP contribution in [0.25, 0.3) is 0 Å². The summed E-state index contributed by atoms with van der Waals surface area (Å²) in [6.45, 7) is 3.19. The second kappa shape index (κ2) is 4.45. The molecule has 5 heteroatoms. The van der Waals surface area contributed by atoms with Gasteiger partial charge in [0.25, 0.3) is 5.91 Å². The van der Waals surface area contributed by atoms with Crippen molar-refractivity contribution in [3.05, 3.63) is 23.5 Å². The van der Waals surface area contributed by atoms with Crippen molar-refractivity contribution in [1.29, 1.82) is 0 Å². The summed E-state index contributed by atoms with van der Waals surface area (Å²) in [4.78, 5) is 28.9. The highest BCUT2D eigenvalue weighted by molar-refractivity contribution is 5.92. The molecule has 1 aromatic rings. The molecule has 0 aromatic carbocycles. The van der Waals surface area contributed by atoms with Gasteiger partial charge in [0.15, 0.2) is 0 Å². The first kappa shape index (κ1) is 10.3. The van der Waals surface area contributed by atoms with Crippen LogP contribution in [-0.4, -0.2) is 16.9 Å². The van der Waals surface area contributed by atoms with Crippen molar-refractivity contribution in [2.24, 2.45) is 0 Å². The lowest BCUT2D eigenvalue weighted by molar-refractivity contribution is -0.146. The molecule has 0 unspecified atom stereocenters. The number of aromatic amines is 1. The highest BCUT2D eigenvalue weighted by atomic mass is 16.7. The third-order valence-electron chi connectivity index (χ3n) is 1.66. The minimum Gasteiger partial charge on any atom is -0.354 e. The first-order chi connectivity index (χ1) is 6.63. The molecule has 0 radical (unpaired) electrons. The molecule has 0 atom stereocenters. The lowest BCUT2D eigenvalue weighted by Gasteiger charge is -2.00. The smallest absolute Gasteiger partial charge is 0.329 e. The Bertz CT molecular complexity index is 344. The molecular formula is C9H12N2O3. The summed E-state index contributed by atoms with van der Waals surface area (Å²) in [5.74, 6) is -1.01. The van der Waals surface area contributed by atoms with Gasteiger partial charge in [-0.1, -0.05) is 6.92 Å². The number of amides is 1. The monoisotopic (exact) mass is 196 g/mol. The fourth-order valence-corrected chi connectivity index (χ4v) is 0.952. The predicted octanol–water partition coefficient (Wildman–Crippen LogP) is 0.785. The molecule has 1 heterocycles. The molecule has 0 spiro atoms. The average molecular weight is 196 g/mol. The minimum atomic E-state index is -0.555. The molecule has 5 nitrogen and oxygen atoms in total. The maximum Gasteiger partial charge on any atom is 0.329 e. The summed E-state index contributed by atoms with van der Waals surface area (Å²) in [7, 11) is 0. The number of aromatic nitrogens is 1. The van der Waals surface area contributed by atoms with E-state index in [4.69, 9.17) is 0 Å². The zero-order valence-electron chi connectivity index (χ0n) is 8.09. The van der Waals surface area contributed by atoms with Crippen LogP contribution in [-0.2, 0) is 16.1 Å². The van der Waals surface area contributed by atoms with Gasteiger partial charge in [0.05, 0.1) is 0 Å². The number of aryl methyl sites for hydroxylation is 1. The Labute approximate surface area is 81.4 Å². The van der Waals surface area contributed by atoms with Crippen molar-refractivity contribution in [1.82, 2.24) is 10.5 Å². The van der Waals surface area contributed by atoms with Crippen LogP contribution in [0.1, 0.15) is 30.0 Å². The quantitative estimate of drug-likeness (QED) is 0.687. The lowest BCUT2D eigenvalue weighted by Crippen LogP contribution is -2.26. The molecule has 0 aliphatic heterocycles. The summed E-state index contributed by atoms with van der Waals surface area (Å²) in [5.41, 5.74) is 3.35. The van der Waals surface area contributed by atoms with Crippen LogP contribution in [0.4, 0.5) is 0 Å². The number of carbonyl (C=O) groups is 2. The number of hydroxylamine groups is 1. The second-order valence-corrected chi connectivity index (χ2v) is 2.78. The molecule has 14 heavy (non-hydrogen) atoms. The molecule has 0 fully saturated rings. The fraction of sp³-hybridized carbons (Fsp3) is 0.333. The fourth-order valence-electron chi connectivity index (χ4n) is 0.952. The Kier molecular flexibility index (Phi) is 3.28. The van der Waals surface area contributed by atoms with E-state index in [9.17, 15) is 9.59 Å². The van der Waals surface area contributed by atoms with Crippen molar-refractivity contribution in [2.45, 2.75) is 20.3 Å². The van der Waals surface area contributed by atoms with Gasteiger partial charge >= 0.3 is 5.97 Å². The third kappa shape index (κ3) is 2.62. The van der Waals surface area contributed by atoms with Crippen LogP contribution in [0.15, 0.2) is 12.1 Å². The van der Waals surface area contributed by atoms with E-state index >= 15 is 0 Å². The van der Waals surface area contributed by atoms with Gasteiger partial charge in [0.1, 0.15) is 5.69 Å². The maximum absolute atomic E-state index is 11.3. The van der Waals surface area contributed by atoms with Crippen molar-refractivity contribution in [3.8, 4) is 0 Å². The van der Waals surface area contributed by atoms with E-state index in [0.29, 0.717) is 5.69 Å². The zero-order chi connectivity index (χ0) is 10.6. The number of hydrogen-bond acceptors (Lipinski definition) is 3. The SMILES string of the molecule is CCc1ccc(C(=O)NOC(C)=O)[nH]1. The first-order valence-corrected chi connectivity index (χ1v) is 4.29. The summed E-state index contributed by atoms with van der Waals surface area (Å²) in [5, 5.41) is 0. The van der Waals surface area contributed by atoms with E-state index in [1.807, 2.05) is 18.5 Å². The molecule has 0 aliphatic rings. The summed E-state index contributed by atoms with van der Waals surface area (Å²) >= 11 is 0. The van der Waals surface area contributed by atoms with Gasteiger partial charge in [-0.15, -0.1) is 0 Å². The Balaban J connectivity index is 2.56. The molecule has 1 rings (SSSR count). The third-order valence-corrected chi connectivity index (χ3v) is 1.66.